The standard InChI is InChI=1S/C13H17N5OS/c1-2-10(14)11-6-5-9(7-15-11)20-13-17-16-12(19)18(13)8-3-4-8/h5-8,10H,2-4,14H2,1H3,(H,16,19)/t10-/m1/s1. The van der Waals surface area contributed by atoms with Gasteiger partial charge >= 0.3 is 5.69 Å². The quantitative estimate of drug-likeness (QED) is 0.877. The van der Waals surface area contributed by atoms with E-state index >= 15 is 0 Å². The average molecular weight is 291 g/mol. The van der Waals surface area contributed by atoms with Crippen molar-refractivity contribution in [3.63, 3.8) is 0 Å². The van der Waals surface area contributed by atoms with Gasteiger partial charge in [-0.15, -0.1) is 5.10 Å². The van der Waals surface area contributed by atoms with E-state index in [1.54, 1.807) is 10.8 Å². The van der Waals surface area contributed by atoms with Gasteiger partial charge in [0.2, 0.25) is 0 Å². The molecule has 1 aliphatic carbocycles. The number of hydrogen-bond donors (Lipinski definition) is 2. The lowest BCUT2D eigenvalue weighted by atomic mass is 10.1. The predicted octanol–water partition coefficient (Wildman–Crippen LogP) is 1.86. The summed E-state index contributed by atoms with van der Waals surface area (Å²) in [6.45, 7) is 2.03. The Hall–Kier alpha value is -1.60. The molecule has 2 aromatic heterocycles. The maximum Gasteiger partial charge on any atom is 0.344 e. The van der Waals surface area contributed by atoms with E-state index in [9.17, 15) is 4.79 Å². The largest absolute Gasteiger partial charge is 0.344 e. The first kappa shape index (κ1) is 13.4. The molecule has 20 heavy (non-hydrogen) atoms. The molecular weight excluding hydrogens is 274 g/mol. The smallest absolute Gasteiger partial charge is 0.323 e. The highest BCUT2D eigenvalue weighted by Gasteiger charge is 2.28. The van der Waals surface area contributed by atoms with Crippen LogP contribution in [0.15, 0.2) is 33.2 Å². The molecular formula is C13H17N5OS. The van der Waals surface area contributed by atoms with Crippen LogP contribution in [0.5, 0.6) is 0 Å². The Labute approximate surface area is 120 Å². The Morgan fingerprint density at radius 1 is 1.55 bits per heavy atom. The summed E-state index contributed by atoms with van der Waals surface area (Å²) >= 11 is 1.45. The van der Waals surface area contributed by atoms with Gasteiger partial charge in [0.25, 0.3) is 0 Å². The topological polar surface area (TPSA) is 89.6 Å². The van der Waals surface area contributed by atoms with Gasteiger partial charge in [0.15, 0.2) is 5.16 Å². The molecule has 3 N–H and O–H groups in total. The Morgan fingerprint density at radius 3 is 2.95 bits per heavy atom. The van der Waals surface area contributed by atoms with Crippen molar-refractivity contribution in [2.24, 2.45) is 5.73 Å². The van der Waals surface area contributed by atoms with Gasteiger partial charge in [0, 0.05) is 23.2 Å². The van der Waals surface area contributed by atoms with Gasteiger partial charge < -0.3 is 5.73 Å². The van der Waals surface area contributed by atoms with Crippen LogP contribution in [0, 0.1) is 0 Å². The molecule has 3 rings (SSSR count). The van der Waals surface area contributed by atoms with Gasteiger partial charge in [0.05, 0.1) is 5.69 Å². The first-order chi connectivity index (χ1) is 9.69. The molecule has 0 saturated heterocycles. The van der Waals surface area contributed by atoms with Gasteiger partial charge in [0.1, 0.15) is 0 Å². The summed E-state index contributed by atoms with van der Waals surface area (Å²) in [5, 5.41) is 7.30. The number of pyridine rings is 1. The summed E-state index contributed by atoms with van der Waals surface area (Å²) in [7, 11) is 0. The predicted molar refractivity (Wildman–Crippen MR) is 76.7 cm³/mol. The second-order valence-electron chi connectivity index (χ2n) is 4.95. The van der Waals surface area contributed by atoms with Crippen molar-refractivity contribution < 1.29 is 0 Å². The highest BCUT2D eigenvalue weighted by Crippen LogP contribution is 2.37. The minimum absolute atomic E-state index is 0.0240. The SMILES string of the molecule is CC[C@@H](N)c1ccc(Sc2n[nH]c(=O)n2C2CC2)cn1. The molecule has 2 heterocycles. The van der Waals surface area contributed by atoms with Crippen LogP contribution in [0.25, 0.3) is 0 Å². The molecule has 0 bridgehead atoms. The maximum absolute atomic E-state index is 11.7. The summed E-state index contributed by atoms with van der Waals surface area (Å²) in [5.74, 6) is 0. The summed E-state index contributed by atoms with van der Waals surface area (Å²) in [5.41, 5.74) is 6.70. The lowest BCUT2D eigenvalue weighted by Crippen LogP contribution is -2.16. The normalized spacial score (nSPS) is 16.3. The molecule has 1 aliphatic rings. The van der Waals surface area contributed by atoms with E-state index in [0.717, 1.165) is 29.9 Å². The zero-order valence-electron chi connectivity index (χ0n) is 11.2. The fourth-order valence-electron chi connectivity index (χ4n) is 2.00. The Bertz CT molecular complexity index is 644. The number of aromatic amines is 1. The highest BCUT2D eigenvalue weighted by molar-refractivity contribution is 7.99. The van der Waals surface area contributed by atoms with E-state index in [4.69, 9.17) is 5.73 Å². The van der Waals surface area contributed by atoms with Crippen molar-refractivity contribution in [3.05, 3.63) is 34.5 Å². The first-order valence-corrected chi connectivity index (χ1v) is 7.57. The number of hydrogen-bond acceptors (Lipinski definition) is 5. The first-order valence-electron chi connectivity index (χ1n) is 6.75. The number of H-pyrrole nitrogens is 1. The van der Waals surface area contributed by atoms with Gasteiger partial charge in [-0.1, -0.05) is 6.92 Å². The summed E-state index contributed by atoms with van der Waals surface area (Å²) in [4.78, 5) is 17.0. The molecule has 2 aromatic rings. The van der Waals surface area contributed by atoms with E-state index in [-0.39, 0.29) is 11.7 Å². The van der Waals surface area contributed by atoms with Crippen molar-refractivity contribution >= 4 is 11.8 Å². The molecule has 1 saturated carbocycles. The molecule has 0 spiro atoms. The van der Waals surface area contributed by atoms with Crippen molar-refractivity contribution in [3.8, 4) is 0 Å². The van der Waals surface area contributed by atoms with E-state index < -0.39 is 0 Å². The Kier molecular flexibility index (Phi) is 3.62. The molecule has 6 nitrogen and oxygen atoms in total. The van der Waals surface area contributed by atoms with Crippen molar-refractivity contribution in [1.82, 2.24) is 19.7 Å². The lowest BCUT2D eigenvalue weighted by Gasteiger charge is -2.08. The summed E-state index contributed by atoms with van der Waals surface area (Å²) < 4.78 is 1.73. The Morgan fingerprint density at radius 2 is 2.35 bits per heavy atom. The number of rotatable bonds is 5. The van der Waals surface area contributed by atoms with Crippen LogP contribution < -0.4 is 11.4 Å². The summed E-state index contributed by atoms with van der Waals surface area (Å²) in [6.07, 6.45) is 4.75. The zero-order chi connectivity index (χ0) is 14.1. The van der Waals surface area contributed by atoms with E-state index in [0.29, 0.717) is 11.2 Å². The summed E-state index contributed by atoms with van der Waals surface area (Å²) in [6, 6.07) is 4.19. The minimum atomic E-state index is -0.132. The fraction of sp³-hybridized carbons (Fsp3) is 0.462. The lowest BCUT2D eigenvalue weighted by molar-refractivity contribution is 0.642. The van der Waals surface area contributed by atoms with Gasteiger partial charge in [-0.3, -0.25) is 9.55 Å². The van der Waals surface area contributed by atoms with Crippen molar-refractivity contribution in [2.75, 3.05) is 0 Å². The van der Waals surface area contributed by atoms with Crippen LogP contribution in [0.2, 0.25) is 0 Å². The van der Waals surface area contributed by atoms with E-state index in [2.05, 4.69) is 15.2 Å². The van der Waals surface area contributed by atoms with E-state index in [1.807, 2.05) is 19.1 Å². The fourth-order valence-corrected chi connectivity index (χ4v) is 2.88. The molecule has 0 aliphatic heterocycles. The molecule has 106 valence electrons. The van der Waals surface area contributed by atoms with Gasteiger partial charge in [-0.05, 0) is 43.2 Å². The van der Waals surface area contributed by atoms with Gasteiger partial charge in [-0.2, -0.15) is 0 Å². The van der Waals surface area contributed by atoms with Crippen LogP contribution in [0.3, 0.4) is 0 Å². The third kappa shape index (κ3) is 2.64. The van der Waals surface area contributed by atoms with Crippen molar-refractivity contribution in [2.45, 2.75) is 48.3 Å². The molecule has 0 aromatic carbocycles. The molecule has 0 radical (unpaired) electrons. The molecule has 0 unspecified atom stereocenters. The number of aromatic nitrogens is 4. The monoisotopic (exact) mass is 291 g/mol. The van der Waals surface area contributed by atoms with Crippen LogP contribution in [0.4, 0.5) is 0 Å². The average Bonchev–Trinajstić information content (AvgIpc) is 3.24. The van der Waals surface area contributed by atoms with Crippen LogP contribution in [-0.4, -0.2) is 19.7 Å². The molecule has 1 fully saturated rings. The molecule has 0 amide bonds. The second-order valence-corrected chi connectivity index (χ2v) is 5.99. The third-order valence-corrected chi connectivity index (χ3v) is 4.32. The van der Waals surface area contributed by atoms with E-state index in [1.165, 1.54) is 11.8 Å². The number of nitrogens with two attached hydrogens (primary N) is 1. The number of nitrogens with one attached hydrogen (secondary N) is 1. The van der Waals surface area contributed by atoms with Crippen LogP contribution >= 0.6 is 11.8 Å². The number of nitrogens with zero attached hydrogens (tertiary/aromatic N) is 3. The highest BCUT2D eigenvalue weighted by atomic mass is 32.2. The molecule has 7 heteroatoms. The second kappa shape index (κ2) is 5.41. The van der Waals surface area contributed by atoms with Gasteiger partial charge in [-0.25, -0.2) is 9.89 Å². The Balaban J connectivity index is 1.79. The minimum Gasteiger partial charge on any atom is -0.323 e. The third-order valence-electron chi connectivity index (χ3n) is 3.37. The van der Waals surface area contributed by atoms with Crippen molar-refractivity contribution in [1.29, 1.82) is 0 Å². The van der Waals surface area contributed by atoms with Crippen LogP contribution in [-0.2, 0) is 0 Å². The maximum atomic E-state index is 11.7. The molecule has 1 atom stereocenters. The zero-order valence-corrected chi connectivity index (χ0v) is 12.1. The van der Waals surface area contributed by atoms with Crippen LogP contribution in [0.1, 0.15) is 44.0 Å².